The van der Waals surface area contributed by atoms with E-state index in [1.54, 1.807) is 0 Å². The maximum Gasteiger partial charge on any atom is 0.302 e. The Morgan fingerprint density at radius 1 is 0.422 bits per heavy atom. The van der Waals surface area contributed by atoms with Crippen LogP contribution in [0.25, 0.3) is 0 Å². The van der Waals surface area contributed by atoms with Gasteiger partial charge in [-0.15, -0.1) is 0 Å². The highest BCUT2D eigenvalue weighted by atomic mass is 19.1. The molecule has 0 amide bonds. The molecule has 0 aliphatic carbocycles. The van der Waals surface area contributed by atoms with E-state index < -0.39 is 73.4 Å². The van der Waals surface area contributed by atoms with Crippen LogP contribution in [0, 0.1) is 0 Å². The van der Waals surface area contributed by atoms with Gasteiger partial charge in [0.25, 0.3) is 0 Å². The molecule has 0 radical (unpaired) electrons. The van der Waals surface area contributed by atoms with Crippen LogP contribution in [0.1, 0.15) is 41.7 Å². The number of benzene rings is 5. The third kappa shape index (κ3) is 13.6. The summed E-state index contributed by atoms with van der Waals surface area (Å²) in [6.45, 7) is 2.47. The SMILES string of the molecule is CC(=O)OC[C@H]1O[C@@H](F)[C@H](OCc2ccccc2)[C@@H](OCc2ccccc2)[C@H]1O[C@H]1O[C@H](COC(C)=O)[C@H](OCc2ccccc2)[C@H](OCc2ccccc2)[C@H]1OCc1ccccc1. The van der Waals surface area contributed by atoms with Crippen LogP contribution in [0.4, 0.5) is 4.39 Å². The summed E-state index contributed by atoms with van der Waals surface area (Å²) < 4.78 is 80.6. The molecular weight excluding hydrogens is 824 g/mol. The van der Waals surface area contributed by atoms with Crippen LogP contribution in [0.5, 0.6) is 0 Å². The highest BCUT2D eigenvalue weighted by Gasteiger charge is 2.55. The molecule has 5 aromatic carbocycles. The number of alkyl halides is 1. The second-order valence-electron chi connectivity index (χ2n) is 15.6. The highest BCUT2D eigenvalue weighted by molar-refractivity contribution is 5.66. The third-order valence-electron chi connectivity index (χ3n) is 10.8. The zero-order valence-electron chi connectivity index (χ0n) is 35.9. The van der Waals surface area contributed by atoms with Crippen molar-refractivity contribution < 1.29 is 61.3 Å². The summed E-state index contributed by atoms with van der Waals surface area (Å²) in [5, 5.41) is 0. The van der Waals surface area contributed by atoms with Gasteiger partial charge in [0, 0.05) is 13.8 Å². The predicted octanol–water partition coefficient (Wildman–Crippen LogP) is 7.84. The molecule has 10 atom stereocenters. The Balaban J connectivity index is 1.28. The largest absolute Gasteiger partial charge is 0.463 e. The lowest BCUT2D eigenvalue weighted by molar-refractivity contribution is -0.367. The van der Waals surface area contributed by atoms with Crippen LogP contribution in [0.3, 0.4) is 0 Å². The molecule has 0 saturated carbocycles. The molecule has 0 aromatic heterocycles. The molecular formula is C51H55FO12. The molecule has 0 N–H and O–H groups in total. The molecule has 12 nitrogen and oxygen atoms in total. The van der Waals surface area contributed by atoms with Crippen molar-refractivity contribution in [3.05, 3.63) is 179 Å². The van der Waals surface area contributed by atoms with E-state index in [-0.39, 0.29) is 46.2 Å². The first-order chi connectivity index (χ1) is 31.3. The van der Waals surface area contributed by atoms with E-state index >= 15 is 4.39 Å². The molecule has 2 aliphatic heterocycles. The van der Waals surface area contributed by atoms with E-state index in [2.05, 4.69) is 0 Å². The Hall–Kier alpha value is -5.35. The number of hydrogen-bond donors (Lipinski definition) is 0. The van der Waals surface area contributed by atoms with Crippen LogP contribution in [0.15, 0.2) is 152 Å². The topological polar surface area (TPSA) is 126 Å². The van der Waals surface area contributed by atoms with Crippen LogP contribution in [0.2, 0.25) is 0 Å². The Kier molecular flexibility index (Phi) is 17.5. The Morgan fingerprint density at radius 2 is 0.734 bits per heavy atom. The predicted molar refractivity (Wildman–Crippen MR) is 232 cm³/mol. The van der Waals surface area contributed by atoms with E-state index in [0.717, 1.165) is 27.8 Å². The van der Waals surface area contributed by atoms with Gasteiger partial charge < -0.3 is 47.4 Å². The minimum absolute atomic E-state index is 0.0326. The highest BCUT2D eigenvalue weighted by Crippen LogP contribution is 2.37. The van der Waals surface area contributed by atoms with Crippen molar-refractivity contribution in [3.63, 3.8) is 0 Å². The molecule has 13 heteroatoms. The average Bonchev–Trinajstić information content (AvgIpc) is 3.32. The lowest BCUT2D eigenvalue weighted by Gasteiger charge is -2.49. The van der Waals surface area contributed by atoms with E-state index in [0.29, 0.717) is 0 Å². The Bertz CT molecular complexity index is 2120. The molecule has 64 heavy (non-hydrogen) atoms. The summed E-state index contributed by atoms with van der Waals surface area (Å²) in [5.74, 6) is -1.13. The molecule has 2 aliphatic rings. The number of carbonyl (C=O) groups is 2. The van der Waals surface area contributed by atoms with Gasteiger partial charge in [-0.05, 0) is 27.8 Å². The summed E-state index contributed by atoms with van der Waals surface area (Å²) in [5.41, 5.74) is 4.25. The van der Waals surface area contributed by atoms with Gasteiger partial charge in [0.2, 0.25) is 6.36 Å². The fourth-order valence-electron chi connectivity index (χ4n) is 7.61. The van der Waals surface area contributed by atoms with Gasteiger partial charge in [0.1, 0.15) is 62.0 Å². The first-order valence-corrected chi connectivity index (χ1v) is 21.5. The standard InChI is InChI=1S/C51H55FO12/c1-35(53)55-33-42-44(57-28-37-18-8-3-9-19-37)46(58-29-38-20-10-4-11-21-38)49(61-32-41-26-16-7-17-27-41)51(63-42)64-45-43(34-56-36(2)54)62-50(52)48(60-31-40-24-14-6-15-25-40)47(45)59-30-39-22-12-5-13-23-39/h3-27,42-51H,28-34H2,1-2H3/t42-,43-,44+,45+,46+,47+,48-,49-,50-,51-/m1/s1. The first-order valence-electron chi connectivity index (χ1n) is 21.5. The number of hydrogen-bond acceptors (Lipinski definition) is 12. The quantitative estimate of drug-likeness (QED) is 0.0667. The molecule has 2 heterocycles. The number of halogens is 1. The summed E-state index contributed by atoms with van der Waals surface area (Å²) in [4.78, 5) is 24.7. The molecule has 7 rings (SSSR count). The van der Waals surface area contributed by atoms with E-state index in [4.69, 9.17) is 47.4 Å². The van der Waals surface area contributed by atoms with Gasteiger partial charge >= 0.3 is 11.9 Å². The zero-order valence-corrected chi connectivity index (χ0v) is 35.9. The molecule has 338 valence electrons. The van der Waals surface area contributed by atoms with Gasteiger partial charge in [-0.3, -0.25) is 9.59 Å². The molecule has 0 unspecified atom stereocenters. The second-order valence-corrected chi connectivity index (χ2v) is 15.6. The molecule has 2 saturated heterocycles. The fourth-order valence-corrected chi connectivity index (χ4v) is 7.61. The summed E-state index contributed by atoms with van der Waals surface area (Å²) in [6.07, 6.45) is -12.0. The molecule has 0 spiro atoms. The summed E-state index contributed by atoms with van der Waals surface area (Å²) >= 11 is 0. The molecule has 0 bridgehead atoms. The van der Waals surface area contributed by atoms with Crippen LogP contribution in [-0.2, 0) is 90.0 Å². The van der Waals surface area contributed by atoms with Crippen LogP contribution >= 0.6 is 0 Å². The minimum atomic E-state index is -2.02. The van der Waals surface area contributed by atoms with Gasteiger partial charge in [0.15, 0.2) is 6.29 Å². The number of esters is 2. The number of carbonyl (C=O) groups excluding carboxylic acids is 2. The lowest BCUT2D eigenvalue weighted by Crippen LogP contribution is -2.66. The fraction of sp³-hybridized carbons (Fsp3) is 0.373. The Labute approximate surface area is 373 Å². The second kappa shape index (κ2) is 24.1. The monoisotopic (exact) mass is 878 g/mol. The average molecular weight is 879 g/mol. The summed E-state index contributed by atoms with van der Waals surface area (Å²) in [6, 6.07) is 47.6. The van der Waals surface area contributed by atoms with Gasteiger partial charge in [0.05, 0.1) is 33.0 Å². The first kappa shape index (κ1) is 46.6. The van der Waals surface area contributed by atoms with Gasteiger partial charge in [-0.1, -0.05) is 152 Å². The van der Waals surface area contributed by atoms with Crippen molar-refractivity contribution in [2.45, 2.75) is 108 Å². The smallest absolute Gasteiger partial charge is 0.302 e. The minimum Gasteiger partial charge on any atom is -0.463 e. The van der Waals surface area contributed by atoms with E-state index in [1.807, 2.05) is 152 Å². The van der Waals surface area contributed by atoms with Crippen LogP contribution < -0.4 is 0 Å². The maximum atomic E-state index is 16.5. The van der Waals surface area contributed by atoms with Crippen LogP contribution in [-0.4, -0.2) is 86.6 Å². The van der Waals surface area contributed by atoms with E-state index in [1.165, 1.54) is 13.8 Å². The van der Waals surface area contributed by atoms with Crippen molar-refractivity contribution >= 4 is 11.9 Å². The zero-order chi connectivity index (χ0) is 44.5. The van der Waals surface area contributed by atoms with Crippen molar-refractivity contribution in [2.75, 3.05) is 13.2 Å². The van der Waals surface area contributed by atoms with Gasteiger partial charge in [-0.25, -0.2) is 4.39 Å². The third-order valence-corrected chi connectivity index (χ3v) is 10.8. The molecule has 2 fully saturated rings. The molecule has 5 aromatic rings. The lowest BCUT2D eigenvalue weighted by atomic mass is 9.96. The van der Waals surface area contributed by atoms with Gasteiger partial charge in [-0.2, -0.15) is 0 Å². The normalized spacial score (nSPS) is 25.6. The van der Waals surface area contributed by atoms with E-state index in [9.17, 15) is 9.59 Å². The number of rotatable bonds is 21. The van der Waals surface area contributed by atoms with Crippen molar-refractivity contribution in [1.82, 2.24) is 0 Å². The van der Waals surface area contributed by atoms with Crippen molar-refractivity contribution in [2.24, 2.45) is 0 Å². The maximum absolute atomic E-state index is 16.5. The Morgan fingerprint density at radius 3 is 1.11 bits per heavy atom. The number of ether oxygens (including phenoxy) is 10. The van der Waals surface area contributed by atoms with Crippen molar-refractivity contribution in [3.8, 4) is 0 Å². The summed E-state index contributed by atoms with van der Waals surface area (Å²) in [7, 11) is 0. The van der Waals surface area contributed by atoms with Crippen molar-refractivity contribution in [1.29, 1.82) is 0 Å².